The zero-order valence-electron chi connectivity index (χ0n) is 35.2. The van der Waals surface area contributed by atoms with Gasteiger partial charge in [0, 0.05) is 6.42 Å². The van der Waals surface area contributed by atoms with Crippen molar-refractivity contribution < 1.29 is 48.9 Å². The van der Waals surface area contributed by atoms with Crippen molar-refractivity contribution in [1.82, 2.24) is 31.9 Å². The smallest absolute Gasteiger partial charge is 0.328 e. The van der Waals surface area contributed by atoms with Crippen LogP contribution in [-0.2, 0) is 40.0 Å². The molecule has 0 unspecified atom stereocenters. The number of unbranched alkanes of at least 4 members (excludes halogenated alkanes) is 1. The molecule has 328 valence electrons. The Hall–Kier alpha value is -4.81. The summed E-state index contributed by atoms with van der Waals surface area (Å²) >= 11 is 0. The number of nitrogens with one attached hydrogen (secondary N) is 6. The van der Waals surface area contributed by atoms with Crippen molar-refractivity contribution in [3.63, 3.8) is 0 Å². The van der Waals surface area contributed by atoms with Gasteiger partial charge in [-0.25, -0.2) is 4.79 Å². The highest BCUT2D eigenvalue weighted by atomic mass is 16.4. The Bertz CT molecular complexity index is 1500. The molecule has 8 atom stereocenters. The van der Waals surface area contributed by atoms with Gasteiger partial charge in [-0.15, -0.1) is 0 Å². The zero-order chi connectivity index (χ0) is 44.3. The van der Waals surface area contributed by atoms with Crippen LogP contribution in [0.4, 0.5) is 0 Å². The van der Waals surface area contributed by atoms with Gasteiger partial charge in [0.25, 0.3) is 0 Å². The summed E-state index contributed by atoms with van der Waals surface area (Å²) in [5, 5.41) is 44.5. The van der Waals surface area contributed by atoms with Gasteiger partial charge in [-0.1, -0.05) is 53.7 Å². The van der Waals surface area contributed by atoms with Crippen molar-refractivity contribution in [2.45, 2.75) is 149 Å². The van der Waals surface area contributed by atoms with Crippen molar-refractivity contribution in [3.05, 3.63) is 29.8 Å². The fourth-order valence-corrected chi connectivity index (χ4v) is 6.00. The number of carbonyl (C=O) groups is 7. The first-order valence-electron chi connectivity index (χ1n) is 20.0. The average molecular weight is 821 g/mol. The van der Waals surface area contributed by atoms with Crippen molar-refractivity contribution in [2.75, 3.05) is 6.54 Å². The van der Waals surface area contributed by atoms with Gasteiger partial charge in [-0.05, 0) is 94.4 Å². The number of carbonyl (C=O) groups excluding carboxylic acids is 6. The van der Waals surface area contributed by atoms with E-state index in [2.05, 4.69) is 31.9 Å². The number of aromatic hydroxyl groups is 1. The summed E-state index contributed by atoms with van der Waals surface area (Å²) in [4.78, 5) is 92.6. The second-order valence-electron chi connectivity index (χ2n) is 16.2. The summed E-state index contributed by atoms with van der Waals surface area (Å²) in [6, 6.07) is -2.48. The molecular weight excluding hydrogens is 752 g/mol. The summed E-state index contributed by atoms with van der Waals surface area (Å²) in [6.45, 7) is 14.1. The number of benzene rings is 1. The number of aliphatic carboxylic acids is 1. The van der Waals surface area contributed by atoms with E-state index in [0.29, 0.717) is 31.4 Å². The second-order valence-corrected chi connectivity index (χ2v) is 16.2. The molecular formula is C40H68N8O10. The van der Waals surface area contributed by atoms with Gasteiger partial charge in [0.2, 0.25) is 35.4 Å². The number of phenols is 1. The van der Waals surface area contributed by atoms with Crippen LogP contribution in [0, 0.1) is 17.8 Å². The van der Waals surface area contributed by atoms with E-state index in [4.69, 9.17) is 11.5 Å². The lowest BCUT2D eigenvalue weighted by molar-refractivity contribution is -0.145. The zero-order valence-corrected chi connectivity index (χ0v) is 35.2. The summed E-state index contributed by atoms with van der Waals surface area (Å²) in [5.74, 6) is -5.75. The van der Waals surface area contributed by atoms with Gasteiger partial charge in [0.1, 0.15) is 36.0 Å². The van der Waals surface area contributed by atoms with Gasteiger partial charge in [0.15, 0.2) is 6.04 Å². The second kappa shape index (κ2) is 25.5. The molecule has 0 saturated carbocycles. The molecule has 1 rings (SSSR count). The first kappa shape index (κ1) is 51.2. The quantitative estimate of drug-likeness (QED) is 0.0548. The number of aliphatic hydroxyl groups excluding tert-OH is 1. The lowest BCUT2D eigenvalue weighted by Gasteiger charge is -2.28. The van der Waals surface area contributed by atoms with Gasteiger partial charge in [-0.3, -0.25) is 28.8 Å². The van der Waals surface area contributed by atoms with E-state index >= 15 is 0 Å². The molecule has 0 bridgehead atoms. The molecule has 0 saturated heterocycles. The van der Waals surface area contributed by atoms with Crippen molar-refractivity contribution in [3.8, 4) is 5.75 Å². The third-order valence-electron chi connectivity index (χ3n) is 9.13. The number of amides is 6. The maximum atomic E-state index is 14.1. The molecule has 0 aromatic heterocycles. The van der Waals surface area contributed by atoms with Crippen LogP contribution in [0.25, 0.3) is 0 Å². The molecule has 13 N–H and O–H groups in total. The van der Waals surface area contributed by atoms with Crippen LogP contribution in [0.15, 0.2) is 24.3 Å². The van der Waals surface area contributed by atoms with Crippen LogP contribution in [0.3, 0.4) is 0 Å². The molecule has 1 aromatic rings. The summed E-state index contributed by atoms with van der Waals surface area (Å²) in [6.07, 6.45) is 0.380. The summed E-state index contributed by atoms with van der Waals surface area (Å²) in [5.41, 5.74) is 12.4. The lowest BCUT2D eigenvalue weighted by Crippen LogP contribution is -2.60. The minimum absolute atomic E-state index is 0.0143. The molecule has 1 aromatic carbocycles. The Morgan fingerprint density at radius 1 is 0.586 bits per heavy atom. The molecule has 6 amide bonds. The topological polar surface area (TPSA) is 304 Å². The monoisotopic (exact) mass is 821 g/mol. The minimum atomic E-state index is -1.63. The first-order chi connectivity index (χ1) is 27.0. The van der Waals surface area contributed by atoms with E-state index in [1.807, 2.05) is 27.7 Å². The molecule has 0 aliphatic heterocycles. The number of nitrogens with two attached hydrogens (primary N) is 2. The number of hydrogen-bond acceptors (Lipinski definition) is 11. The van der Waals surface area contributed by atoms with E-state index in [0.717, 1.165) is 0 Å². The lowest BCUT2D eigenvalue weighted by atomic mass is 9.99. The van der Waals surface area contributed by atoms with Gasteiger partial charge >= 0.3 is 5.97 Å². The van der Waals surface area contributed by atoms with Crippen LogP contribution >= 0.6 is 0 Å². The van der Waals surface area contributed by atoms with Gasteiger partial charge < -0.3 is 58.7 Å². The number of hydrogen-bond donors (Lipinski definition) is 11. The summed E-state index contributed by atoms with van der Waals surface area (Å²) in [7, 11) is 0. The SMILES string of the molecule is CC(C)C[C@H](NC(=O)[C@H](Cc1ccc(O)cc1)NC(=O)[C@H](CCCCN)NC(=O)[C@H](CC(C)C)NC(=O)[C@@H](N)CC(C)C)C(=O)N[C@@H](C)C(=O)N[C@H](C(=O)O)[C@@H](C)O. The molecule has 18 heteroatoms. The van der Waals surface area contributed by atoms with E-state index in [9.17, 15) is 48.9 Å². The standard InChI is InChI=1S/C40H68N8O10/c1-21(2)17-28(42)35(52)45-31(19-23(5)6)38(55)44-29(11-9-10-16-41)36(53)47-32(20-26-12-14-27(50)15-13-26)39(56)46-30(18-22(3)4)37(54)43-24(7)34(51)48-33(25(8)49)40(57)58/h12-15,21-25,28-33,49-50H,9-11,16-20,41-42H2,1-8H3,(H,43,54)(H,44,55)(H,45,52)(H,46,56)(H,47,53)(H,48,51)(H,57,58)/t24-,25+,28-,29-,30-,31-,32-,33-/m0/s1. The molecule has 0 fully saturated rings. The Morgan fingerprint density at radius 2 is 1.03 bits per heavy atom. The number of rotatable bonds is 26. The Kier molecular flexibility index (Phi) is 22.5. The van der Waals surface area contributed by atoms with Crippen LogP contribution in [0.5, 0.6) is 5.75 Å². The van der Waals surface area contributed by atoms with Crippen molar-refractivity contribution >= 4 is 41.4 Å². The van der Waals surface area contributed by atoms with E-state index in [1.54, 1.807) is 26.0 Å². The fourth-order valence-electron chi connectivity index (χ4n) is 6.00. The van der Waals surface area contributed by atoms with Crippen molar-refractivity contribution in [1.29, 1.82) is 0 Å². The molecule has 0 aliphatic carbocycles. The Balaban J connectivity index is 3.42. The predicted molar refractivity (Wildman–Crippen MR) is 218 cm³/mol. The maximum absolute atomic E-state index is 14.1. The molecule has 0 radical (unpaired) electrons. The predicted octanol–water partition coefficient (Wildman–Crippen LogP) is -0.0766. The van der Waals surface area contributed by atoms with E-state index in [-0.39, 0.29) is 49.2 Å². The molecule has 58 heavy (non-hydrogen) atoms. The number of carboxylic acids is 1. The number of aliphatic hydroxyl groups is 1. The largest absolute Gasteiger partial charge is 0.508 e. The van der Waals surface area contributed by atoms with Crippen LogP contribution in [0.2, 0.25) is 0 Å². The third-order valence-corrected chi connectivity index (χ3v) is 9.13. The van der Waals surface area contributed by atoms with E-state index < -0.39 is 89.8 Å². The number of carboxylic acid groups (broad SMARTS) is 1. The highest BCUT2D eigenvalue weighted by molar-refractivity contribution is 5.97. The van der Waals surface area contributed by atoms with Gasteiger partial charge in [-0.2, -0.15) is 0 Å². The Morgan fingerprint density at radius 3 is 1.52 bits per heavy atom. The molecule has 0 aliphatic rings. The van der Waals surface area contributed by atoms with Gasteiger partial charge in [0.05, 0.1) is 12.1 Å². The Labute approximate surface area is 341 Å². The van der Waals surface area contributed by atoms with Crippen LogP contribution < -0.4 is 43.4 Å². The average Bonchev–Trinajstić information content (AvgIpc) is 3.12. The first-order valence-corrected chi connectivity index (χ1v) is 20.0. The molecule has 18 nitrogen and oxygen atoms in total. The summed E-state index contributed by atoms with van der Waals surface area (Å²) < 4.78 is 0. The minimum Gasteiger partial charge on any atom is -0.508 e. The molecule has 0 spiro atoms. The van der Waals surface area contributed by atoms with E-state index in [1.165, 1.54) is 26.0 Å². The van der Waals surface area contributed by atoms with Crippen molar-refractivity contribution in [2.24, 2.45) is 29.2 Å². The normalized spacial score (nSPS) is 15.6. The fraction of sp³-hybridized carbons (Fsp3) is 0.675. The maximum Gasteiger partial charge on any atom is 0.328 e. The molecule has 0 heterocycles. The highest BCUT2D eigenvalue weighted by Gasteiger charge is 2.34. The highest BCUT2D eigenvalue weighted by Crippen LogP contribution is 2.14. The van der Waals surface area contributed by atoms with Crippen LogP contribution in [0.1, 0.15) is 99.5 Å². The van der Waals surface area contributed by atoms with Crippen LogP contribution in [-0.4, -0.2) is 112 Å². The third kappa shape index (κ3) is 19.1. The number of phenolic OH excluding ortho intramolecular Hbond substituents is 1.